The van der Waals surface area contributed by atoms with Gasteiger partial charge in [0.2, 0.25) is 0 Å². The molecule has 0 saturated heterocycles. The number of para-hydroxylation sites is 1. The van der Waals surface area contributed by atoms with Crippen LogP contribution in [0.2, 0.25) is 0 Å². The van der Waals surface area contributed by atoms with Gasteiger partial charge in [0.15, 0.2) is 0 Å². The average Bonchev–Trinajstić information content (AvgIpc) is 2.25. The van der Waals surface area contributed by atoms with Crippen molar-refractivity contribution in [2.75, 3.05) is 0 Å². The molecule has 0 radical (unpaired) electrons. The van der Waals surface area contributed by atoms with Crippen LogP contribution in [0.1, 0.15) is 2.85 Å². The van der Waals surface area contributed by atoms with E-state index < -0.39 is 0 Å². The van der Waals surface area contributed by atoms with Crippen LogP contribution in [0.15, 0.2) is 53.0 Å². The minimum Gasteiger partial charge on any atom is -1.00 e. The molecule has 4 heteroatoms. The zero-order chi connectivity index (χ0) is 10.7. The second kappa shape index (κ2) is 6.23. The van der Waals surface area contributed by atoms with Gasteiger partial charge in [0.1, 0.15) is 17.3 Å². The average molecular weight is 293 g/mol. The minimum atomic E-state index is -0.269. The maximum Gasteiger partial charge on any atom is 2.00 e. The van der Waals surface area contributed by atoms with Crippen molar-refractivity contribution in [3.05, 3.63) is 58.8 Å². The first-order chi connectivity index (χ1) is 7.25. The van der Waals surface area contributed by atoms with E-state index in [4.69, 9.17) is 4.74 Å². The Kier molecular flexibility index (Phi) is 5.25. The van der Waals surface area contributed by atoms with Crippen molar-refractivity contribution < 1.29 is 12.0 Å². The van der Waals surface area contributed by atoms with E-state index in [1.165, 1.54) is 12.1 Å². The Morgan fingerprint density at radius 2 is 1.62 bits per heavy atom. The molecular weight excluding hydrogens is 283 g/mol. The maximum atomic E-state index is 12.6. The van der Waals surface area contributed by atoms with Crippen LogP contribution >= 0.6 is 15.9 Å². The molecule has 2 aromatic carbocycles. The molecule has 0 atom stereocenters. The summed E-state index contributed by atoms with van der Waals surface area (Å²) >= 11 is 3.37. The van der Waals surface area contributed by atoms with Crippen molar-refractivity contribution in [1.82, 2.24) is 0 Å². The summed E-state index contributed by atoms with van der Waals surface area (Å²) in [7, 11) is 0. The smallest absolute Gasteiger partial charge is 1.00 e. The summed E-state index contributed by atoms with van der Waals surface area (Å²) in [5, 5.41) is 0. The monoisotopic (exact) mass is 292 g/mol. The fourth-order valence-electron chi connectivity index (χ4n) is 1.16. The van der Waals surface area contributed by atoms with E-state index in [9.17, 15) is 4.39 Å². The molecule has 0 aliphatic heterocycles. The third-order valence-corrected chi connectivity index (χ3v) is 2.53. The Balaban J connectivity index is 0. The molecule has 1 nitrogen and oxygen atoms in total. The first kappa shape index (κ1) is 13.5. The topological polar surface area (TPSA) is 9.23 Å². The molecule has 0 N–H and O–H groups in total. The van der Waals surface area contributed by atoms with Crippen molar-refractivity contribution >= 4 is 39.0 Å². The Morgan fingerprint density at radius 1 is 1.00 bits per heavy atom. The predicted octanol–water partition coefficient (Wildman–Crippen LogP) is 4.22. The summed E-state index contributed by atoms with van der Waals surface area (Å²) in [6, 6.07) is 13.4. The minimum absolute atomic E-state index is 0. The van der Waals surface area contributed by atoms with E-state index in [1.807, 2.05) is 24.3 Å². The van der Waals surface area contributed by atoms with Gasteiger partial charge in [0, 0.05) is 0 Å². The van der Waals surface area contributed by atoms with Gasteiger partial charge in [0.05, 0.1) is 4.47 Å². The van der Waals surface area contributed by atoms with Gasteiger partial charge in [-0.25, -0.2) is 4.39 Å². The van der Waals surface area contributed by atoms with Crippen LogP contribution in [0.4, 0.5) is 4.39 Å². The number of hydrogen-bond donors (Lipinski definition) is 0. The fourth-order valence-corrected chi connectivity index (χ4v) is 1.52. The molecule has 2 aromatic rings. The second-order valence-electron chi connectivity index (χ2n) is 2.99. The zero-order valence-electron chi connectivity index (χ0n) is 10.5. The largest absolute Gasteiger partial charge is 2.00 e. The Labute approximate surface area is 121 Å². The molecule has 0 fully saturated rings. The van der Waals surface area contributed by atoms with Gasteiger partial charge in [-0.1, -0.05) is 12.1 Å². The molecule has 16 heavy (non-hydrogen) atoms. The molecule has 0 bridgehead atoms. The number of rotatable bonds is 2. The number of ether oxygens (including phenoxy) is 1. The van der Waals surface area contributed by atoms with Crippen LogP contribution in [0, 0.1) is 5.82 Å². The molecule has 0 saturated carbocycles. The van der Waals surface area contributed by atoms with Gasteiger partial charge in [-0.15, -0.1) is 0 Å². The normalized spacial score (nSPS) is 9.38. The van der Waals surface area contributed by atoms with E-state index in [1.54, 1.807) is 12.1 Å². The zero-order valence-corrected chi connectivity index (χ0v) is 11.5. The van der Waals surface area contributed by atoms with E-state index in [2.05, 4.69) is 15.9 Å². The quantitative estimate of drug-likeness (QED) is 0.753. The molecule has 0 aliphatic carbocycles. The summed E-state index contributed by atoms with van der Waals surface area (Å²) < 4.78 is 19.1. The first-order valence-electron chi connectivity index (χ1n) is 4.43. The van der Waals surface area contributed by atoms with Crippen molar-refractivity contribution in [2.24, 2.45) is 0 Å². The third-order valence-electron chi connectivity index (χ3n) is 1.88. The van der Waals surface area contributed by atoms with Crippen LogP contribution in [-0.2, 0) is 0 Å². The summed E-state index contributed by atoms with van der Waals surface area (Å²) in [5.41, 5.74) is 0. The van der Waals surface area contributed by atoms with Gasteiger partial charge in [-0.3, -0.25) is 0 Å². The molecule has 2 rings (SSSR count). The van der Waals surface area contributed by atoms with Gasteiger partial charge < -0.3 is 7.59 Å². The fraction of sp³-hybridized carbons (Fsp3) is 0. The molecule has 0 amide bonds. The molecule has 0 spiro atoms. The van der Waals surface area contributed by atoms with Crippen molar-refractivity contribution in [1.29, 1.82) is 0 Å². The van der Waals surface area contributed by atoms with Crippen molar-refractivity contribution in [3.63, 3.8) is 0 Å². The Hall–Kier alpha value is -0.584. The molecule has 0 aromatic heterocycles. The summed E-state index contributed by atoms with van der Waals surface area (Å²) in [5.74, 6) is 1.06. The summed E-state index contributed by atoms with van der Waals surface area (Å²) in [6.45, 7) is 0. The molecule has 80 valence electrons. The number of halogens is 2. The first-order valence-corrected chi connectivity index (χ1v) is 5.23. The van der Waals surface area contributed by atoms with Gasteiger partial charge >= 0.3 is 23.1 Å². The van der Waals surface area contributed by atoms with Gasteiger partial charge in [0.25, 0.3) is 0 Å². The standard InChI is InChI=1S/C12H8BrFO.Mg.2H/c13-11-3-1-2-4-12(11)15-10-7-5-9(14)6-8-10;;;/h1-8H;;;/q;+2;2*-1. The third kappa shape index (κ3) is 3.47. The SMILES string of the molecule is Fc1ccc(Oc2ccccc2Br)cc1.[H-].[H-].[Mg+2]. The van der Waals surface area contributed by atoms with Crippen LogP contribution in [0.5, 0.6) is 11.5 Å². The van der Waals surface area contributed by atoms with Crippen molar-refractivity contribution in [2.45, 2.75) is 0 Å². The van der Waals surface area contributed by atoms with Crippen LogP contribution in [0.3, 0.4) is 0 Å². The predicted molar refractivity (Wildman–Crippen MR) is 68.6 cm³/mol. The number of hydrogen-bond acceptors (Lipinski definition) is 1. The molecule has 0 unspecified atom stereocenters. The second-order valence-corrected chi connectivity index (χ2v) is 3.84. The molecule has 0 heterocycles. The molecular formula is C12H10BrFMgO. The summed E-state index contributed by atoms with van der Waals surface area (Å²) in [4.78, 5) is 0. The molecule has 0 aliphatic rings. The van der Waals surface area contributed by atoms with E-state index in [-0.39, 0.29) is 31.7 Å². The van der Waals surface area contributed by atoms with Gasteiger partial charge in [-0.05, 0) is 52.3 Å². The van der Waals surface area contributed by atoms with E-state index in [0.29, 0.717) is 11.5 Å². The van der Waals surface area contributed by atoms with Crippen molar-refractivity contribution in [3.8, 4) is 11.5 Å². The summed E-state index contributed by atoms with van der Waals surface area (Å²) in [6.07, 6.45) is 0. The van der Waals surface area contributed by atoms with E-state index in [0.717, 1.165) is 4.47 Å². The maximum absolute atomic E-state index is 12.6. The van der Waals surface area contributed by atoms with Crippen LogP contribution < -0.4 is 4.74 Å². The van der Waals surface area contributed by atoms with Crippen LogP contribution in [0.25, 0.3) is 0 Å². The van der Waals surface area contributed by atoms with E-state index >= 15 is 0 Å². The van der Waals surface area contributed by atoms with Crippen LogP contribution in [-0.4, -0.2) is 23.1 Å². The Bertz CT molecular complexity index is 468. The Morgan fingerprint density at radius 3 is 2.25 bits per heavy atom. The number of benzene rings is 2. The van der Waals surface area contributed by atoms with Gasteiger partial charge in [-0.2, -0.15) is 0 Å².